The Morgan fingerprint density at radius 3 is 2.95 bits per heavy atom. The normalized spacial score (nSPS) is 11.9. The smallest absolute Gasteiger partial charge is 0.244 e. The molecule has 0 radical (unpaired) electrons. The van der Waals surface area contributed by atoms with Gasteiger partial charge >= 0.3 is 0 Å². The lowest BCUT2D eigenvalue weighted by Crippen LogP contribution is -2.26. The van der Waals surface area contributed by atoms with E-state index in [1.165, 1.54) is 0 Å². The van der Waals surface area contributed by atoms with Crippen LogP contribution in [0.4, 0.5) is 0 Å². The van der Waals surface area contributed by atoms with Crippen LogP contribution < -0.4 is 4.72 Å². The molecule has 0 aliphatic carbocycles. The number of aromatic nitrogens is 4. The Bertz CT molecular complexity index is 648. The summed E-state index contributed by atoms with van der Waals surface area (Å²) in [6.45, 7) is 2.16. The molecule has 0 amide bonds. The Kier molecular flexibility index (Phi) is 4.53. The maximum atomic E-state index is 12.2. The lowest BCUT2D eigenvalue weighted by Gasteiger charge is -2.07. The van der Waals surface area contributed by atoms with Crippen molar-refractivity contribution in [2.24, 2.45) is 0 Å². The summed E-state index contributed by atoms with van der Waals surface area (Å²) >= 11 is 0. The van der Waals surface area contributed by atoms with Crippen molar-refractivity contribution in [3.63, 3.8) is 0 Å². The van der Waals surface area contributed by atoms with Crippen LogP contribution in [0.25, 0.3) is 0 Å². The largest absolute Gasteiger partial charge is 0.390 e. The standard InChI is InChI=1S/C11H17N5O3S/c1-9-11(10(7-17)15-14-9)20(18,19)13-3-2-5-16-6-4-12-8-16/h4,6,8,13,17H,2-3,5,7H2,1H3,(H,14,15). The van der Waals surface area contributed by atoms with Gasteiger partial charge < -0.3 is 9.67 Å². The molecule has 3 N–H and O–H groups in total. The molecule has 0 unspecified atom stereocenters. The Labute approximate surface area is 116 Å². The third-order valence-electron chi connectivity index (χ3n) is 2.82. The summed E-state index contributed by atoms with van der Waals surface area (Å²) in [6.07, 6.45) is 5.81. The van der Waals surface area contributed by atoms with E-state index in [4.69, 9.17) is 5.11 Å². The summed E-state index contributed by atoms with van der Waals surface area (Å²) in [5, 5.41) is 15.4. The third kappa shape index (κ3) is 3.24. The summed E-state index contributed by atoms with van der Waals surface area (Å²) in [4.78, 5) is 3.94. The quantitative estimate of drug-likeness (QED) is 0.612. The first-order valence-corrected chi connectivity index (χ1v) is 7.63. The molecule has 0 saturated carbocycles. The number of H-pyrrole nitrogens is 1. The van der Waals surface area contributed by atoms with Crippen LogP contribution in [0.15, 0.2) is 23.6 Å². The third-order valence-corrected chi connectivity index (χ3v) is 4.49. The first kappa shape index (κ1) is 14.7. The van der Waals surface area contributed by atoms with Gasteiger partial charge in [-0.1, -0.05) is 0 Å². The van der Waals surface area contributed by atoms with Crippen molar-refractivity contribution < 1.29 is 13.5 Å². The van der Waals surface area contributed by atoms with E-state index in [1.807, 2.05) is 10.8 Å². The molecular weight excluding hydrogens is 282 g/mol. The highest BCUT2D eigenvalue weighted by Gasteiger charge is 2.23. The van der Waals surface area contributed by atoms with Crippen molar-refractivity contribution in [1.29, 1.82) is 0 Å². The van der Waals surface area contributed by atoms with Crippen molar-refractivity contribution >= 4 is 10.0 Å². The number of nitrogens with zero attached hydrogens (tertiary/aromatic N) is 3. The zero-order valence-corrected chi connectivity index (χ0v) is 11.9. The van der Waals surface area contributed by atoms with Crippen LogP contribution in [0.3, 0.4) is 0 Å². The van der Waals surface area contributed by atoms with Crippen LogP contribution >= 0.6 is 0 Å². The van der Waals surface area contributed by atoms with Crippen LogP contribution in [0.2, 0.25) is 0 Å². The highest BCUT2D eigenvalue weighted by atomic mass is 32.2. The van der Waals surface area contributed by atoms with Crippen molar-refractivity contribution in [3.8, 4) is 0 Å². The van der Waals surface area contributed by atoms with E-state index >= 15 is 0 Å². The summed E-state index contributed by atoms with van der Waals surface area (Å²) in [5.41, 5.74) is 0.542. The molecule has 2 aromatic rings. The molecule has 0 saturated heterocycles. The lowest BCUT2D eigenvalue weighted by molar-refractivity contribution is 0.273. The van der Waals surface area contributed by atoms with Gasteiger partial charge in [-0.05, 0) is 13.3 Å². The van der Waals surface area contributed by atoms with E-state index in [-0.39, 0.29) is 10.6 Å². The zero-order chi connectivity index (χ0) is 14.6. The van der Waals surface area contributed by atoms with E-state index in [9.17, 15) is 8.42 Å². The molecule has 2 aromatic heterocycles. The van der Waals surface area contributed by atoms with Gasteiger partial charge in [0.25, 0.3) is 0 Å². The van der Waals surface area contributed by atoms with E-state index in [2.05, 4.69) is 19.9 Å². The predicted octanol–water partition coefficient (Wildman–Crippen LogP) is -0.224. The van der Waals surface area contributed by atoms with Crippen LogP contribution in [0, 0.1) is 6.92 Å². The fourth-order valence-electron chi connectivity index (χ4n) is 1.89. The first-order valence-electron chi connectivity index (χ1n) is 6.14. The fourth-order valence-corrected chi connectivity index (χ4v) is 3.32. The average molecular weight is 299 g/mol. The second kappa shape index (κ2) is 6.16. The van der Waals surface area contributed by atoms with Crippen LogP contribution in [-0.2, 0) is 23.2 Å². The molecule has 0 aliphatic heterocycles. The molecule has 2 rings (SSSR count). The number of aliphatic hydroxyl groups is 1. The van der Waals surface area contributed by atoms with Crippen LogP contribution in [0.5, 0.6) is 0 Å². The summed E-state index contributed by atoms with van der Waals surface area (Å²) in [5.74, 6) is 0. The Hall–Kier alpha value is -1.71. The number of hydrogen-bond acceptors (Lipinski definition) is 5. The molecule has 0 fully saturated rings. The molecule has 0 aliphatic rings. The van der Waals surface area contributed by atoms with E-state index < -0.39 is 16.6 Å². The number of nitrogens with one attached hydrogen (secondary N) is 2. The second-order valence-corrected chi connectivity index (χ2v) is 6.04. The number of hydrogen-bond donors (Lipinski definition) is 3. The van der Waals surface area contributed by atoms with E-state index in [1.54, 1.807) is 19.4 Å². The molecule has 9 heteroatoms. The van der Waals surface area contributed by atoms with Gasteiger partial charge in [0, 0.05) is 25.5 Å². The molecule has 110 valence electrons. The molecule has 20 heavy (non-hydrogen) atoms. The number of rotatable bonds is 7. The van der Waals surface area contributed by atoms with Gasteiger partial charge in [0.05, 0.1) is 18.6 Å². The van der Waals surface area contributed by atoms with Gasteiger partial charge in [-0.15, -0.1) is 0 Å². The predicted molar refractivity (Wildman–Crippen MR) is 71.3 cm³/mol. The molecule has 2 heterocycles. The van der Waals surface area contributed by atoms with Gasteiger partial charge in [-0.25, -0.2) is 18.1 Å². The highest BCUT2D eigenvalue weighted by molar-refractivity contribution is 7.89. The minimum absolute atomic E-state index is 0.0302. The Balaban J connectivity index is 1.95. The second-order valence-electron chi connectivity index (χ2n) is 4.33. The molecular formula is C11H17N5O3S. The van der Waals surface area contributed by atoms with Crippen molar-refractivity contribution in [1.82, 2.24) is 24.5 Å². The van der Waals surface area contributed by atoms with Crippen LogP contribution in [0.1, 0.15) is 17.8 Å². The van der Waals surface area contributed by atoms with Gasteiger partial charge in [0.1, 0.15) is 10.6 Å². The molecule has 8 nitrogen and oxygen atoms in total. The lowest BCUT2D eigenvalue weighted by atomic mass is 10.4. The molecule has 0 atom stereocenters. The van der Waals surface area contributed by atoms with Gasteiger partial charge in [-0.3, -0.25) is 5.10 Å². The van der Waals surface area contributed by atoms with Crippen molar-refractivity contribution in [2.45, 2.75) is 31.4 Å². The topological polar surface area (TPSA) is 113 Å². The van der Waals surface area contributed by atoms with Gasteiger partial charge in [0.2, 0.25) is 10.0 Å². The summed E-state index contributed by atoms with van der Waals surface area (Å²) in [6, 6.07) is 0. The zero-order valence-electron chi connectivity index (χ0n) is 11.1. The first-order chi connectivity index (χ1) is 9.54. The van der Waals surface area contributed by atoms with E-state index in [0.717, 1.165) is 0 Å². The number of aromatic amines is 1. The van der Waals surface area contributed by atoms with Crippen LogP contribution in [-0.4, -0.2) is 39.8 Å². The molecule has 0 bridgehead atoms. The Morgan fingerprint density at radius 2 is 2.30 bits per heavy atom. The average Bonchev–Trinajstić information content (AvgIpc) is 3.03. The maximum Gasteiger partial charge on any atom is 0.244 e. The fraction of sp³-hybridized carbons (Fsp3) is 0.455. The summed E-state index contributed by atoms with van der Waals surface area (Å²) in [7, 11) is -3.66. The van der Waals surface area contributed by atoms with Crippen molar-refractivity contribution in [2.75, 3.05) is 6.54 Å². The minimum Gasteiger partial charge on any atom is -0.390 e. The molecule has 0 spiro atoms. The number of sulfonamides is 1. The number of imidazole rings is 1. The SMILES string of the molecule is Cc1[nH]nc(CO)c1S(=O)(=O)NCCCn1ccnc1. The number of aliphatic hydroxyl groups excluding tert-OH is 1. The molecule has 0 aromatic carbocycles. The minimum atomic E-state index is -3.66. The monoisotopic (exact) mass is 299 g/mol. The maximum absolute atomic E-state index is 12.2. The van der Waals surface area contributed by atoms with Gasteiger partial charge in [0.15, 0.2) is 0 Å². The Morgan fingerprint density at radius 1 is 1.50 bits per heavy atom. The highest BCUT2D eigenvalue weighted by Crippen LogP contribution is 2.17. The summed E-state index contributed by atoms with van der Waals surface area (Å²) < 4.78 is 28.7. The van der Waals surface area contributed by atoms with Crippen molar-refractivity contribution in [3.05, 3.63) is 30.1 Å². The van der Waals surface area contributed by atoms with Gasteiger partial charge in [-0.2, -0.15) is 5.10 Å². The number of aryl methyl sites for hydroxylation is 2. The van der Waals surface area contributed by atoms with E-state index in [0.29, 0.717) is 25.2 Å².